The number of aliphatic hydroxyl groups is 7. The van der Waals surface area contributed by atoms with Gasteiger partial charge in [-0.2, -0.15) is 0 Å². The molecule has 0 aromatic heterocycles. The predicted octanol–water partition coefficient (Wildman–Crippen LogP) is 3.34. The SMILES string of the molecule is CC(C)=CCC[C@](C)(OC[C@@H]1OC(CO)[C@H](O)[C@H](O)C1O)C1CC[C@]2(C)C1[C@H](O)CC1[C@@]3(C)CCC(O)C(C)(C)C3[C@@H](O)C[C@]12C. The summed E-state index contributed by atoms with van der Waals surface area (Å²) in [7, 11) is 0. The molecule has 0 bridgehead atoms. The van der Waals surface area contributed by atoms with E-state index >= 15 is 0 Å². The number of ether oxygens (including phenoxy) is 2. The lowest BCUT2D eigenvalue weighted by Gasteiger charge is -2.71. The Kier molecular flexibility index (Phi) is 10.0. The summed E-state index contributed by atoms with van der Waals surface area (Å²) in [5.74, 6) is 0.0625. The molecule has 0 aromatic carbocycles. The van der Waals surface area contributed by atoms with Crippen LogP contribution in [0, 0.1) is 45.3 Å². The Morgan fingerprint density at radius 2 is 1.52 bits per heavy atom. The zero-order chi connectivity index (χ0) is 34.2. The van der Waals surface area contributed by atoms with E-state index in [0.717, 1.165) is 25.7 Å². The zero-order valence-electron chi connectivity index (χ0n) is 29.5. The van der Waals surface area contributed by atoms with E-state index in [9.17, 15) is 35.7 Å². The summed E-state index contributed by atoms with van der Waals surface area (Å²) in [5.41, 5.74) is -0.620. The standard InChI is InChI=1S/C37H64O9/c1-20(2)10-9-13-37(8,45-19-25-30(43)31(44)29(42)24(18-38)46-25)21-11-15-35(6)28(21)22(39)16-26-34(5)14-12-27(41)33(3,4)32(34)23(40)17-36(26,35)7/h10,21-32,38-44H,9,11-19H2,1-8H3/t21?,22-,23+,24?,25+,26?,27?,28?,29+,30?,31+,32?,34-,35-,36-,37+/m1/s1. The molecule has 1 heterocycles. The third-order valence-electron chi connectivity index (χ3n) is 14.8. The maximum absolute atomic E-state index is 12.3. The molecule has 7 unspecified atom stereocenters. The highest BCUT2D eigenvalue weighted by atomic mass is 16.6. The van der Waals surface area contributed by atoms with Gasteiger partial charge >= 0.3 is 0 Å². The van der Waals surface area contributed by atoms with Crippen molar-refractivity contribution in [1.29, 1.82) is 0 Å². The average molecular weight is 653 g/mol. The fourth-order valence-corrected chi connectivity index (χ4v) is 12.2. The predicted molar refractivity (Wildman–Crippen MR) is 175 cm³/mol. The van der Waals surface area contributed by atoms with Crippen LogP contribution in [0.15, 0.2) is 11.6 Å². The molecule has 9 heteroatoms. The van der Waals surface area contributed by atoms with Crippen LogP contribution in [0.2, 0.25) is 0 Å². The molecule has 0 amide bonds. The summed E-state index contributed by atoms with van der Waals surface area (Å²) in [5, 5.41) is 76.5. The first-order valence-corrected chi connectivity index (χ1v) is 17.9. The number of aliphatic hydroxyl groups excluding tert-OH is 7. The van der Waals surface area contributed by atoms with E-state index in [1.165, 1.54) is 5.57 Å². The lowest BCUT2D eigenvalue weighted by atomic mass is 9.34. The smallest absolute Gasteiger partial charge is 0.111 e. The second-order valence-corrected chi connectivity index (χ2v) is 17.8. The first kappa shape index (κ1) is 36.7. The van der Waals surface area contributed by atoms with E-state index < -0.39 is 66.5 Å². The maximum Gasteiger partial charge on any atom is 0.111 e. The lowest BCUT2D eigenvalue weighted by Crippen LogP contribution is -2.69. The zero-order valence-corrected chi connectivity index (χ0v) is 29.5. The molecule has 4 saturated carbocycles. The van der Waals surface area contributed by atoms with Crippen LogP contribution >= 0.6 is 0 Å². The summed E-state index contributed by atoms with van der Waals surface area (Å²) in [6.07, 6.45) is 0.476. The Morgan fingerprint density at radius 1 is 0.870 bits per heavy atom. The first-order chi connectivity index (χ1) is 21.3. The molecular weight excluding hydrogens is 588 g/mol. The minimum atomic E-state index is -1.46. The molecule has 266 valence electrons. The van der Waals surface area contributed by atoms with Crippen LogP contribution in [0.25, 0.3) is 0 Å². The Balaban J connectivity index is 1.46. The van der Waals surface area contributed by atoms with Crippen molar-refractivity contribution >= 4 is 0 Å². The molecule has 0 radical (unpaired) electrons. The molecule has 5 aliphatic rings. The van der Waals surface area contributed by atoms with Crippen molar-refractivity contribution in [2.24, 2.45) is 45.3 Å². The molecule has 16 atom stereocenters. The minimum Gasteiger partial charge on any atom is -0.394 e. The van der Waals surface area contributed by atoms with Gasteiger partial charge in [-0.1, -0.05) is 46.3 Å². The summed E-state index contributed by atoms with van der Waals surface area (Å²) >= 11 is 0. The highest BCUT2D eigenvalue weighted by molar-refractivity contribution is 5.21. The van der Waals surface area contributed by atoms with Crippen molar-refractivity contribution in [3.8, 4) is 0 Å². The number of hydrogen-bond donors (Lipinski definition) is 7. The maximum atomic E-state index is 12.3. The van der Waals surface area contributed by atoms with Crippen LogP contribution in [0.3, 0.4) is 0 Å². The van der Waals surface area contributed by atoms with Gasteiger partial charge in [0.1, 0.15) is 30.5 Å². The van der Waals surface area contributed by atoms with Crippen LogP contribution in [-0.4, -0.2) is 103 Å². The summed E-state index contributed by atoms with van der Waals surface area (Å²) < 4.78 is 12.6. The molecule has 46 heavy (non-hydrogen) atoms. The number of fused-ring (bicyclic) bond motifs is 5. The van der Waals surface area contributed by atoms with Gasteiger partial charge in [-0.05, 0) is 117 Å². The third-order valence-corrected chi connectivity index (χ3v) is 14.8. The molecule has 9 nitrogen and oxygen atoms in total. The van der Waals surface area contributed by atoms with Gasteiger partial charge in [0.15, 0.2) is 0 Å². The van der Waals surface area contributed by atoms with E-state index in [1.807, 2.05) is 0 Å². The fourth-order valence-electron chi connectivity index (χ4n) is 12.2. The Labute approximate surface area is 276 Å². The summed E-state index contributed by atoms with van der Waals surface area (Å²) in [6.45, 7) is 16.9. The van der Waals surface area contributed by atoms with E-state index in [1.54, 1.807) is 0 Å². The van der Waals surface area contributed by atoms with E-state index in [4.69, 9.17) is 9.47 Å². The molecule has 0 spiro atoms. The van der Waals surface area contributed by atoms with Crippen molar-refractivity contribution in [2.75, 3.05) is 13.2 Å². The van der Waals surface area contributed by atoms with Crippen molar-refractivity contribution in [1.82, 2.24) is 0 Å². The van der Waals surface area contributed by atoms with Gasteiger partial charge < -0.3 is 45.2 Å². The van der Waals surface area contributed by atoms with Crippen molar-refractivity contribution in [3.63, 3.8) is 0 Å². The fraction of sp³-hybridized carbons (Fsp3) is 0.946. The molecular formula is C37H64O9. The molecule has 4 aliphatic carbocycles. The lowest BCUT2D eigenvalue weighted by molar-refractivity contribution is -0.278. The highest BCUT2D eigenvalue weighted by Crippen LogP contribution is 2.76. The highest BCUT2D eigenvalue weighted by Gasteiger charge is 2.73. The second-order valence-electron chi connectivity index (χ2n) is 17.8. The monoisotopic (exact) mass is 652 g/mol. The molecule has 1 saturated heterocycles. The van der Waals surface area contributed by atoms with Gasteiger partial charge in [0.05, 0.1) is 37.1 Å². The van der Waals surface area contributed by atoms with Gasteiger partial charge in [-0.15, -0.1) is 0 Å². The van der Waals surface area contributed by atoms with E-state index in [0.29, 0.717) is 25.7 Å². The normalized spacial score (nSPS) is 51.4. The third kappa shape index (κ3) is 5.56. The minimum absolute atomic E-state index is 0.00647. The van der Waals surface area contributed by atoms with Crippen LogP contribution in [-0.2, 0) is 9.47 Å². The number of hydrogen-bond acceptors (Lipinski definition) is 9. The van der Waals surface area contributed by atoms with Crippen LogP contribution < -0.4 is 0 Å². The summed E-state index contributed by atoms with van der Waals surface area (Å²) in [6, 6.07) is 0. The van der Waals surface area contributed by atoms with Crippen LogP contribution in [0.1, 0.15) is 107 Å². The largest absolute Gasteiger partial charge is 0.394 e. The molecule has 5 fully saturated rings. The Morgan fingerprint density at radius 3 is 2.15 bits per heavy atom. The number of rotatable bonds is 8. The molecule has 1 aliphatic heterocycles. The average Bonchev–Trinajstić information content (AvgIpc) is 3.35. The quantitative estimate of drug-likeness (QED) is 0.195. The van der Waals surface area contributed by atoms with Gasteiger partial charge in [0, 0.05) is 0 Å². The van der Waals surface area contributed by atoms with Gasteiger partial charge in [0.25, 0.3) is 0 Å². The van der Waals surface area contributed by atoms with E-state index in [-0.39, 0.29) is 46.5 Å². The topological polar surface area (TPSA) is 160 Å². The van der Waals surface area contributed by atoms with Crippen LogP contribution in [0.5, 0.6) is 0 Å². The van der Waals surface area contributed by atoms with Crippen molar-refractivity contribution in [3.05, 3.63) is 11.6 Å². The first-order valence-electron chi connectivity index (χ1n) is 17.9. The Bertz CT molecular complexity index is 1120. The van der Waals surface area contributed by atoms with Crippen LogP contribution in [0.4, 0.5) is 0 Å². The van der Waals surface area contributed by atoms with Crippen molar-refractivity contribution < 1.29 is 45.2 Å². The Hall–Kier alpha value is -0.620. The summed E-state index contributed by atoms with van der Waals surface area (Å²) in [4.78, 5) is 0. The molecule has 7 N–H and O–H groups in total. The van der Waals surface area contributed by atoms with Gasteiger partial charge in [-0.25, -0.2) is 0 Å². The van der Waals surface area contributed by atoms with Gasteiger partial charge in [-0.3, -0.25) is 0 Å². The van der Waals surface area contributed by atoms with Crippen molar-refractivity contribution in [2.45, 2.75) is 161 Å². The molecule has 0 aromatic rings. The number of allylic oxidation sites excluding steroid dienone is 2. The van der Waals surface area contributed by atoms with E-state index in [2.05, 4.69) is 61.5 Å². The van der Waals surface area contributed by atoms with Gasteiger partial charge in [0.2, 0.25) is 0 Å². The second kappa shape index (κ2) is 12.6. The molecule has 5 rings (SSSR count).